The first-order valence-electron chi connectivity index (χ1n) is 7.50. The van der Waals surface area contributed by atoms with E-state index in [1.165, 1.54) is 17.8 Å². The summed E-state index contributed by atoms with van der Waals surface area (Å²) in [5.41, 5.74) is 2.36. The van der Waals surface area contributed by atoms with E-state index in [-0.39, 0.29) is 5.41 Å². The maximum Gasteiger partial charge on any atom is 0.0991 e. The third-order valence-corrected chi connectivity index (χ3v) is 5.99. The van der Waals surface area contributed by atoms with Crippen LogP contribution in [-0.4, -0.2) is 18.1 Å². The highest BCUT2D eigenvalue weighted by Gasteiger charge is 2.34. The van der Waals surface area contributed by atoms with Crippen LogP contribution in [0.1, 0.15) is 31.7 Å². The summed E-state index contributed by atoms with van der Waals surface area (Å²) < 4.78 is 0. The summed E-state index contributed by atoms with van der Waals surface area (Å²) in [4.78, 5) is 4.91. The minimum Gasteiger partial charge on any atom is -0.317 e. The van der Waals surface area contributed by atoms with Gasteiger partial charge in [-0.2, -0.15) is 0 Å². The largest absolute Gasteiger partial charge is 0.317 e. The number of hydrogen-bond acceptors (Lipinski definition) is 3. The van der Waals surface area contributed by atoms with Crippen molar-refractivity contribution < 1.29 is 0 Å². The summed E-state index contributed by atoms with van der Waals surface area (Å²) in [6.45, 7) is 6.94. The molecule has 0 radical (unpaired) electrons. The van der Waals surface area contributed by atoms with Crippen molar-refractivity contribution in [1.29, 1.82) is 0 Å². The van der Waals surface area contributed by atoms with E-state index in [0.717, 1.165) is 29.4 Å². The molecule has 2 nitrogen and oxygen atoms in total. The zero-order valence-corrected chi connectivity index (χ0v) is 14.1. The van der Waals surface area contributed by atoms with Gasteiger partial charge in [0.1, 0.15) is 0 Å². The molecule has 1 fully saturated rings. The zero-order valence-electron chi connectivity index (χ0n) is 12.5. The number of benzene rings is 1. The van der Waals surface area contributed by atoms with Crippen molar-refractivity contribution in [3.05, 3.63) is 39.7 Å². The van der Waals surface area contributed by atoms with Gasteiger partial charge in [-0.15, -0.1) is 11.3 Å². The molecule has 0 spiro atoms. The van der Waals surface area contributed by atoms with E-state index < -0.39 is 0 Å². The van der Waals surface area contributed by atoms with Gasteiger partial charge in [0.2, 0.25) is 0 Å². The van der Waals surface area contributed by atoms with Gasteiger partial charge in [0.15, 0.2) is 0 Å². The van der Waals surface area contributed by atoms with Crippen molar-refractivity contribution >= 4 is 22.9 Å². The Bertz CT molecular complexity index is 598. The first kappa shape index (κ1) is 15.0. The van der Waals surface area contributed by atoms with E-state index in [4.69, 9.17) is 16.6 Å². The van der Waals surface area contributed by atoms with Gasteiger partial charge >= 0.3 is 0 Å². The average Bonchev–Trinajstić information content (AvgIpc) is 2.99. The number of nitrogens with one attached hydrogen (secondary N) is 1. The lowest BCUT2D eigenvalue weighted by Gasteiger charge is -2.35. The van der Waals surface area contributed by atoms with Gasteiger partial charge in [0.05, 0.1) is 10.7 Å². The number of nitrogens with zero attached hydrogens (tertiary/aromatic N) is 1. The summed E-state index contributed by atoms with van der Waals surface area (Å²) in [7, 11) is 0. The minimum absolute atomic E-state index is 0.150. The third-order valence-electron chi connectivity index (χ3n) is 4.56. The minimum atomic E-state index is 0.150. The van der Waals surface area contributed by atoms with Gasteiger partial charge in [-0.3, -0.25) is 0 Å². The monoisotopic (exact) mass is 320 g/mol. The highest BCUT2D eigenvalue weighted by atomic mass is 35.5. The Morgan fingerprint density at radius 2 is 1.86 bits per heavy atom. The van der Waals surface area contributed by atoms with Gasteiger partial charge in [0.25, 0.3) is 0 Å². The lowest BCUT2D eigenvalue weighted by Crippen LogP contribution is -2.38. The maximum absolute atomic E-state index is 5.95. The standard InChI is InChI=1S/C17H21ClN2S/c1-17(2,13-7-9-19-10-8-13)16-20-15(11-21-16)12-3-5-14(18)6-4-12/h3-6,11,13,19H,7-10H2,1-2H3. The number of aromatic nitrogens is 1. The van der Waals surface area contributed by atoms with Crippen LogP contribution in [0, 0.1) is 5.92 Å². The second-order valence-electron chi connectivity index (χ2n) is 6.29. The van der Waals surface area contributed by atoms with Crippen LogP contribution >= 0.6 is 22.9 Å². The first-order valence-corrected chi connectivity index (χ1v) is 8.76. The lowest BCUT2D eigenvalue weighted by molar-refractivity contribution is 0.246. The molecule has 3 rings (SSSR count). The number of halogens is 1. The molecule has 2 aromatic rings. The normalized spacial score (nSPS) is 17.1. The average molecular weight is 321 g/mol. The molecule has 1 aliphatic heterocycles. The van der Waals surface area contributed by atoms with Crippen molar-refractivity contribution in [2.24, 2.45) is 5.92 Å². The molecule has 1 N–H and O–H groups in total. The Morgan fingerprint density at radius 3 is 2.52 bits per heavy atom. The van der Waals surface area contributed by atoms with E-state index in [2.05, 4.69) is 24.5 Å². The molecule has 0 amide bonds. The Morgan fingerprint density at radius 1 is 1.19 bits per heavy atom. The predicted molar refractivity (Wildman–Crippen MR) is 91.2 cm³/mol. The van der Waals surface area contributed by atoms with E-state index in [1.807, 2.05) is 24.3 Å². The van der Waals surface area contributed by atoms with Crippen molar-refractivity contribution in [2.45, 2.75) is 32.1 Å². The second-order valence-corrected chi connectivity index (χ2v) is 7.59. The van der Waals surface area contributed by atoms with Crippen LogP contribution in [0.5, 0.6) is 0 Å². The molecular formula is C17H21ClN2S. The van der Waals surface area contributed by atoms with Crippen LogP contribution in [0.2, 0.25) is 5.02 Å². The van der Waals surface area contributed by atoms with Crippen molar-refractivity contribution in [3.63, 3.8) is 0 Å². The molecule has 0 aliphatic carbocycles. The topological polar surface area (TPSA) is 24.9 Å². The van der Waals surface area contributed by atoms with Gasteiger partial charge in [0, 0.05) is 21.4 Å². The summed E-state index contributed by atoms with van der Waals surface area (Å²) in [5, 5.41) is 7.63. The highest BCUT2D eigenvalue weighted by molar-refractivity contribution is 7.10. The van der Waals surface area contributed by atoms with Crippen LogP contribution in [-0.2, 0) is 5.41 Å². The summed E-state index contributed by atoms with van der Waals surface area (Å²) in [6.07, 6.45) is 2.48. The molecule has 0 saturated carbocycles. The number of hydrogen-bond donors (Lipinski definition) is 1. The van der Waals surface area contributed by atoms with E-state index >= 15 is 0 Å². The van der Waals surface area contributed by atoms with E-state index in [1.54, 1.807) is 11.3 Å². The van der Waals surface area contributed by atoms with Crippen LogP contribution < -0.4 is 5.32 Å². The zero-order chi connectivity index (χ0) is 14.9. The number of thiazole rings is 1. The summed E-state index contributed by atoms with van der Waals surface area (Å²) >= 11 is 7.74. The molecule has 1 aliphatic rings. The van der Waals surface area contributed by atoms with E-state index in [0.29, 0.717) is 5.92 Å². The Kier molecular flexibility index (Phi) is 4.34. The third kappa shape index (κ3) is 3.15. The molecule has 112 valence electrons. The quantitative estimate of drug-likeness (QED) is 0.883. The molecule has 0 bridgehead atoms. The van der Waals surface area contributed by atoms with Crippen LogP contribution in [0.15, 0.2) is 29.6 Å². The molecule has 0 atom stereocenters. The Labute approximate surface area is 135 Å². The molecule has 0 unspecified atom stereocenters. The predicted octanol–water partition coefficient (Wildman–Crippen LogP) is 4.74. The molecule has 1 aromatic carbocycles. The van der Waals surface area contributed by atoms with Gasteiger partial charge in [-0.1, -0.05) is 37.6 Å². The Balaban J connectivity index is 1.84. The SMILES string of the molecule is CC(C)(c1nc(-c2ccc(Cl)cc2)cs1)C1CCNCC1. The van der Waals surface area contributed by atoms with Crippen LogP contribution in [0.3, 0.4) is 0 Å². The summed E-state index contributed by atoms with van der Waals surface area (Å²) in [5.74, 6) is 0.711. The molecule has 1 saturated heterocycles. The summed E-state index contributed by atoms with van der Waals surface area (Å²) in [6, 6.07) is 7.93. The van der Waals surface area contributed by atoms with Gasteiger partial charge in [-0.05, 0) is 44.0 Å². The smallest absolute Gasteiger partial charge is 0.0991 e. The highest BCUT2D eigenvalue weighted by Crippen LogP contribution is 2.39. The van der Waals surface area contributed by atoms with Crippen molar-refractivity contribution in [3.8, 4) is 11.3 Å². The number of piperidine rings is 1. The molecule has 1 aromatic heterocycles. The first-order chi connectivity index (χ1) is 10.1. The maximum atomic E-state index is 5.95. The Hall–Kier alpha value is -0.900. The van der Waals surface area contributed by atoms with Gasteiger partial charge < -0.3 is 5.32 Å². The molecule has 4 heteroatoms. The number of rotatable bonds is 3. The lowest BCUT2D eigenvalue weighted by atomic mass is 9.74. The molecule has 21 heavy (non-hydrogen) atoms. The fraction of sp³-hybridized carbons (Fsp3) is 0.471. The fourth-order valence-corrected chi connectivity index (χ4v) is 4.20. The molecular weight excluding hydrogens is 300 g/mol. The molecule has 2 heterocycles. The second kappa shape index (κ2) is 6.07. The van der Waals surface area contributed by atoms with Crippen molar-refractivity contribution in [2.75, 3.05) is 13.1 Å². The van der Waals surface area contributed by atoms with Crippen LogP contribution in [0.4, 0.5) is 0 Å². The van der Waals surface area contributed by atoms with E-state index in [9.17, 15) is 0 Å². The van der Waals surface area contributed by atoms with Crippen LogP contribution in [0.25, 0.3) is 11.3 Å². The fourth-order valence-electron chi connectivity index (χ4n) is 3.04. The van der Waals surface area contributed by atoms with Crippen molar-refractivity contribution in [1.82, 2.24) is 10.3 Å². The van der Waals surface area contributed by atoms with Gasteiger partial charge in [-0.25, -0.2) is 4.98 Å².